The van der Waals surface area contributed by atoms with Crippen molar-refractivity contribution in [2.24, 2.45) is 51.5 Å². The number of rotatable bonds is 10. The van der Waals surface area contributed by atoms with E-state index in [1.807, 2.05) is 42.5 Å². The molecular weight excluding hydrogens is 753 g/mol. The number of nitrogens with zero attached hydrogens (tertiary/aromatic N) is 3. The number of hydrogen-bond acceptors (Lipinski definition) is 10. The van der Waals surface area contributed by atoms with Crippen molar-refractivity contribution in [3.05, 3.63) is 102 Å². The van der Waals surface area contributed by atoms with Gasteiger partial charge in [-0.25, -0.2) is 0 Å². The van der Waals surface area contributed by atoms with Gasteiger partial charge in [0.2, 0.25) is 0 Å². The summed E-state index contributed by atoms with van der Waals surface area (Å²) >= 11 is 0. The quantitative estimate of drug-likeness (QED) is 0.103. The number of nitrogens with two attached hydrogens (primary N) is 7. The molecule has 0 amide bonds. The van der Waals surface area contributed by atoms with Gasteiger partial charge in [0.15, 0.2) is 0 Å². The largest absolute Gasteiger partial charge is 0.330 e. The molecule has 2 heterocycles. The molecule has 0 spiro atoms. The van der Waals surface area contributed by atoms with Crippen LogP contribution < -0.4 is 40.1 Å². The van der Waals surface area contributed by atoms with Gasteiger partial charge in [-0.2, -0.15) is 0 Å². The fourth-order valence-electron chi connectivity index (χ4n) is 6.44. The Balaban J connectivity index is 0.000000693. The second-order valence-corrected chi connectivity index (χ2v) is 18.1. The van der Waals surface area contributed by atoms with Crippen LogP contribution >= 0.6 is 0 Å². The van der Waals surface area contributed by atoms with Crippen molar-refractivity contribution < 1.29 is 0 Å². The zero-order chi connectivity index (χ0) is 45.4. The van der Waals surface area contributed by atoms with E-state index in [1.165, 1.54) is 108 Å². The first-order chi connectivity index (χ1) is 29.4. The number of hydrogen-bond donors (Lipinski definition) is 7. The summed E-state index contributed by atoms with van der Waals surface area (Å²) in [6.45, 7) is 18.5. The number of pyridine rings is 1. The maximum Gasteiger partial charge on any atom is 0.0416 e. The summed E-state index contributed by atoms with van der Waals surface area (Å²) in [5.74, 6) is 0.940. The van der Waals surface area contributed by atoms with E-state index in [0.717, 1.165) is 69.9 Å². The summed E-state index contributed by atoms with van der Waals surface area (Å²) in [6, 6.07) is 27.6. The molecule has 3 aromatic rings. The molecule has 1 saturated heterocycles. The number of aryl methyl sites for hydroxylation is 1. The molecular formula is C51H96N10. The van der Waals surface area contributed by atoms with Gasteiger partial charge in [-0.15, -0.1) is 0 Å². The van der Waals surface area contributed by atoms with E-state index in [1.54, 1.807) is 6.20 Å². The van der Waals surface area contributed by atoms with E-state index in [0.29, 0.717) is 24.0 Å². The topological polar surface area (TPSA) is 202 Å². The van der Waals surface area contributed by atoms with E-state index >= 15 is 0 Å². The molecule has 0 unspecified atom stereocenters. The first-order valence-corrected chi connectivity index (χ1v) is 23.8. The number of piperazine rings is 1. The molecule has 6 rings (SSSR count). The molecule has 0 radical (unpaired) electrons. The predicted octanol–water partition coefficient (Wildman–Crippen LogP) is 7.11. The van der Waals surface area contributed by atoms with Gasteiger partial charge in [0.1, 0.15) is 0 Å². The normalized spacial score (nSPS) is 18.1. The number of benzene rings is 2. The van der Waals surface area contributed by atoms with Gasteiger partial charge in [-0.1, -0.05) is 120 Å². The average molecular weight is 849 g/mol. The van der Waals surface area contributed by atoms with Crippen molar-refractivity contribution in [2.75, 3.05) is 72.5 Å². The Morgan fingerprint density at radius 2 is 1.03 bits per heavy atom. The van der Waals surface area contributed by atoms with E-state index in [9.17, 15) is 0 Å². The lowest BCUT2D eigenvalue weighted by atomic mass is 9.88. The molecule has 14 N–H and O–H groups in total. The maximum absolute atomic E-state index is 5.73. The molecule has 2 aliphatic carbocycles. The minimum Gasteiger partial charge on any atom is -0.330 e. The third kappa shape index (κ3) is 38.6. The molecule has 0 atom stereocenters. The lowest BCUT2D eigenvalue weighted by Gasteiger charge is -2.32. The Morgan fingerprint density at radius 3 is 1.46 bits per heavy atom. The van der Waals surface area contributed by atoms with Crippen molar-refractivity contribution in [1.29, 1.82) is 0 Å². The fraction of sp³-hybridized carbons (Fsp3) is 0.667. The Labute approximate surface area is 375 Å². The van der Waals surface area contributed by atoms with E-state index in [-0.39, 0.29) is 0 Å². The number of aromatic nitrogens is 1. The van der Waals surface area contributed by atoms with Crippen molar-refractivity contribution in [1.82, 2.24) is 14.8 Å². The molecule has 3 fully saturated rings. The molecule has 10 heteroatoms. The molecule has 2 aromatic carbocycles. The van der Waals surface area contributed by atoms with Crippen molar-refractivity contribution in [3.8, 4) is 0 Å². The predicted molar refractivity (Wildman–Crippen MR) is 267 cm³/mol. The molecule has 10 nitrogen and oxygen atoms in total. The standard InChI is InChI=1S/C9H13N.C8H19N3.C8H11N.C7H10N2.2C7H15N.C5H13N/c10-8-4-7-9-5-2-1-3-6-9;1-10-5-7-11(8-6-10)4-2-3-9;9-7-6-8-4-2-1-3-5-8;8-5-4-7-3-1-2-6-9-7;1-6-2-4-7(8)5-3-6;8-7-5-3-1-2-4-6-7;1-5(2,3)4-6/h1-3,5-6H,4,7-8,10H2;2-9H2,1H3;1-5H,6-7,9H2;1-3,6H,4-5,8H2;6-7H,2-5,8H2,1H3;7H,1-6,8H2;4,6H2,1-3H3. The average Bonchev–Trinajstić information content (AvgIpc) is 3.53. The van der Waals surface area contributed by atoms with Crippen molar-refractivity contribution in [3.63, 3.8) is 0 Å². The van der Waals surface area contributed by atoms with Gasteiger partial charge < -0.3 is 49.9 Å². The van der Waals surface area contributed by atoms with Crippen LogP contribution in [0.5, 0.6) is 0 Å². The molecule has 1 aliphatic heterocycles. The Bertz CT molecular complexity index is 1230. The van der Waals surface area contributed by atoms with Crippen molar-refractivity contribution in [2.45, 2.75) is 136 Å². The monoisotopic (exact) mass is 849 g/mol. The minimum absolute atomic E-state index is 0.319. The summed E-state index contributed by atoms with van der Waals surface area (Å²) in [6.07, 6.45) is 20.3. The van der Waals surface area contributed by atoms with Crippen LogP contribution in [0.1, 0.15) is 122 Å². The first kappa shape index (κ1) is 58.2. The lowest BCUT2D eigenvalue weighted by molar-refractivity contribution is 0.153. The molecule has 0 bridgehead atoms. The zero-order valence-corrected chi connectivity index (χ0v) is 39.9. The van der Waals surface area contributed by atoms with Crippen LogP contribution in [0, 0.1) is 11.3 Å². The van der Waals surface area contributed by atoms with Crippen LogP contribution in [0.2, 0.25) is 0 Å². The molecule has 2 saturated carbocycles. The van der Waals surface area contributed by atoms with Gasteiger partial charge in [-0.05, 0) is 145 Å². The van der Waals surface area contributed by atoms with Gasteiger partial charge in [0.05, 0.1) is 0 Å². The van der Waals surface area contributed by atoms with Crippen LogP contribution in [0.15, 0.2) is 85.1 Å². The van der Waals surface area contributed by atoms with Crippen LogP contribution in [0.3, 0.4) is 0 Å². The maximum atomic E-state index is 5.73. The minimum atomic E-state index is 0.319. The number of likely N-dealkylation sites (N-methyl/N-ethyl adjacent to an activating group) is 1. The van der Waals surface area contributed by atoms with E-state index in [4.69, 9.17) is 40.1 Å². The van der Waals surface area contributed by atoms with E-state index in [2.05, 4.69) is 85.9 Å². The van der Waals surface area contributed by atoms with E-state index < -0.39 is 0 Å². The second-order valence-electron chi connectivity index (χ2n) is 18.1. The summed E-state index contributed by atoms with van der Waals surface area (Å²) in [7, 11) is 2.18. The molecule has 1 aromatic heterocycles. The van der Waals surface area contributed by atoms with Crippen LogP contribution in [0.4, 0.5) is 0 Å². The highest BCUT2D eigenvalue weighted by Gasteiger charge is 2.14. The highest BCUT2D eigenvalue weighted by molar-refractivity contribution is 5.15. The zero-order valence-electron chi connectivity index (χ0n) is 39.9. The molecule has 61 heavy (non-hydrogen) atoms. The highest BCUT2D eigenvalue weighted by Crippen LogP contribution is 2.21. The van der Waals surface area contributed by atoms with Crippen molar-refractivity contribution >= 4 is 0 Å². The van der Waals surface area contributed by atoms with Crippen LogP contribution in [-0.2, 0) is 19.3 Å². The first-order valence-electron chi connectivity index (χ1n) is 23.8. The molecule has 350 valence electrons. The highest BCUT2D eigenvalue weighted by atomic mass is 15.2. The third-order valence-corrected chi connectivity index (χ3v) is 10.8. The van der Waals surface area contributed by atoms with Crippen LogP contribution in [0.25, 0.3) is 0 Å². The second kappa shape index (κ2) is 40.0. The lowest BCUT2D eigenvalue weighted by Crippen LogP contribution is -2.44. The Kier molecular flexibility index (Phi) is 38.2. The summed E-state index contributed by atoms with van der Waals surface area (Å²) in [5, 5.41) is 0. The van der Waals surface area contributed by atoms with Gasteiger partial charge in [0.25, 0.3) is 0 Å². The summed E-state index contributed by atoms with van der Waals surface area (Å²) in [4.78, 5) is 8.96. The summed E-state index contributed by atoms with van der Waals surface area (Å²) in [5.41, 5.74) is 42.3. The van der Waals surface area contributed by atoms with Gasteiger partial charge in [-0.3, -0.25) is 4.98 Å². The Hall–Kier alpha value is -2.77. The third-order valence-electron chi connectivity index (χ3n) is 10.8. The summed E-state index contributed by atoms with van der Waals surface area (Å²) < 4.78 is 0. The van der Waals surface area contributed by atoms with Crippen LogP contribution in [-0.4, -0.2) is 99.4 Å². The fourth-order valence-corrected chi connectivity index (χ4v) is 6.44. The smallest absolute Gasteiger partial charge is 0.0416 e. The Morgan fingerprint density at radius 1 is 0.557 bits per heavy atom. The van der Waals surface area contributed by atoms with Gasteiger partial charge in [0, 0.05) is 56.6 Å². The molecule has 3 aliphatic rings. The SMILES string of the molecule is CC(C)(C)CN.CC1CCC(N)CC1.CN1CCN(CCCN)CC1.NC1CCCCCC1.NCCCc1ccccc1.NCCc1ccccc1.NCCc1ccccn1. The van der Waals surface area contributed by atoms with Gasteiger partial charge >= 0.3 is 0 Å².